The number of nitrogens with one attached hydrogen (secondary N) is 1. The van der Waals surface area contributed by atoms with Gasteiger partial charge < -0.3 is 10.2 Å². The zero-order chi connectivity index (χ0) is 17.8. The molecule has 1 aromatic heterocycles. The Morgan fingerprint density at radius 2 is 1.56 bits per heavy atom. The summed E-state index contributed by atoms with van der Waals surface area (Å²) in [5, 5.41) is 3.41. The van der Waals surface area contributed by atoms with Gasteiger partial charge in [-0.15, -0.1) is 0 Å². The van der Waals surface area contributed by atoms with E-state index in [9.17, 15) is 0 Å². The van der Waals surface area contributed by atoms with Gasteiger partial charge in [0.1, 0.15) is 5.82 Å². The molecule has 2 aromatic carbocycles. The molecule has 0 aliphatic heterocycles. The van der Waals surface area contributed by atoms with Crippen LogP contribution >= 0.6 is 0 Å². The van der Waals surface area contributed by atoms with Gasteiger partial charge in [0.05, 0.1) is 0 Å². The maximum atomic E-state index is 4.69. The lowest BCUT2D eigenvalue weighted by atomic mass is 10.1. The summed E-state index contributed by atoms with van der Waals surface area (Å²) in [7, 11) is 2.02. The molecule has 0 atom stereocenters. The van der Waals surface area contributed by atoms with Crippen molar-refractivity contribution >= 4 is 17.5 Å². The second kappa shape index (κ2) is 7.34. The van der Waals surface area contributed by atoms with Crippen LogP contribution in [0, 0.1) is 20.8 Å². The summed E-state index contributed by atoms with van der Waals surface area (Å²) in [6.07, 6.45) is 0. The zero-order valence-electron chi connectivity index (χ0n) is 15.2. The Morgan fingerprint density at radius 1 is 0.880 bits per heavy atom. The van der Waals surface area contributed by atoms with Crippen molar-refractivity contribution in [3.63, 3.8) is 0 Å². The summed E-state index contributed by atoms with van der Waals surface area (Å²) in [4.78, 5) is 11.3. The third kappa shape index (κ3) is 4.57. The molecule has 0 unspecified atom stereocenters. The van der Waals surface area contributed by atoms with Crippen molar-refractivity contribution in [2.75, 3.05) is 17.3 Å². The summed E-state index contributed by atoms with van der Waals surface area (Å²) >= 11 is 0. The Hall–Kier alpha value is -2.88. The number of nitrogens with zero attached hydrogens (tertiary/aromatic N) is 3. The quantitative estimate of drug-likeness (QED) is 0.730. The number of hydrogen-bond acceptors (Lipinski definition) is 4. The number of anilines is 3. The predicted octanol–water partition coefficient (Wildman–Crippen LogP) is 4.78. The number of hydrogen-bond donors (Lipinski definition) is 1. The van der Waals surface area contributed by atoms with Crippen LogP contribution in [-0.2, 0) is 6.54 Å². The number of rotatable bonds is 5. The van der Waals surface area contributed by atoms with Crippen molar-refractivity contribution in [3.05, 3.63) is 77.0 Å². The SMILES string of the molecule is Cc1cc(C)cc(Nc2cc(C)nc(N(C)Cc3ccccc3)n2)c1. The van der Waals surface area contributed by atoms with E-state index in [1.54, 1.807) is 0 Å². The third-order valence-corrected chi connectivity index (χ3v) is 3.94. The summed E-state index contributed by atoms with van der Waals surface area (Å²) in [5.41, 5.74) is 5.69. The topological polar surface area (TPSA) is 41.1 Å². The van der Waals surface area contributed by atoms with Crippen LogP contribution in [0.4, 0.5) is 17.5 Å². The molecule has 1 N–H and O–H groups in total. The minimum Gasteiger partial charge on any atom is -0.340 e. The highest BCUT2D eigenvalue weighted by atomic mass is 15.2. The van der Waals surface area contributed by atoms with Gasteiger partial charge in [-0.1, -0.05) is 36.4 Å². The lowest BCUT2D eigenvalue weighted by Gasteiger charge is -2.19. The van der Waals surface area contributed by atoms with Gasteiger partial charge in [0.15, 0.2) is 0 Å². The molecule has 0 spiro atoms. The smallest absolute Gasteiger partial charge is 0.227 e. The van der Waals surface area contributed by atoms with Crippen molar-refractivity contribution in [3.8, 4) is 0 Å². The molecule has 0 amide bonds. The van der Waals surface area contributed by atoms with Gasteiger partial charge in [-0.3, -0.25) is 0 Å². The molecular formula is C21H24N4. The number of benzene rings is 2. The Kier molecular flexibility index (Phi) is 4.98. The molecule has 0 bridgehead atoms. The Bertz CT molecular complexity index is 839. The van der Waals surface area contributed by atoms with E-state index in [2.05, 4.69) is 64.4 Å². The van der Waals surface area contributed by atoms with Crippen LogP contribution in [0.2, 0.25) is 0 Å². The highest BCUT2D eigenvalue weighted by Crippen LogP contribution is 2.21. The minimum atomic E-state index is 0.718. The summed E-state index contributed by atoms with van der Waals surface area (Å²) < 4.78 is 0. The fourth-order valence-electron chi connectivity index (χ4n) is 2.91. The van der Waals surface area contributed by atoms with E-state index >= 15 is 0 Å². The van der Waals surface area contributed by atoms with E-state index in [-0.39, 0.29) is 0 Å². The largest absolute Gasteiger partial charge is 0.340 e. The first-order valence-electron chi connectivity index (χ1n) is 8.46. The van der Waals surface area contributed by atoms with Crippen molar-refractivity contribution in [1.82, 2.24) is 9.97 Å². The first kappa shape index (κ1) is 17.0. The molecule has 0 saturated heterocycles. The molecule has 4 heteroatoms. The van der Waals surface area contributed by atoms with E-state index in [0.717, 1.165) is 29.7 Å². The van der Waals surface area contributed by atoms with Crippen LogP contribution in [0.1, 0.15) is 22.4 Å². The van der Waals surface area contributed by atoms with Crippen molar-refractivity contribution in [2.45, 2.75) is 27.3 Å². The average Bonchev–Trinajstić information content (AvgIpc) is 2.54. The van der Waals surface area contributed by atoms with E-state index in [1.807, 2.05) is 38.2 Å². The lowest BCUT2D eigenvalue weighted by molar-refractivity contribution is 0.861. The maximum Gasteiger partial charge on any atom is 0.227 e. The Morgan fingerprint density at radius 3 is 2.24 bits per heavy atom. The van der Waals surface area contributed by atoms with Gasteiger partial charge >= 0.3 is 0 Å². The maximum absolute atomic E-state index is 4.69. The normalized spacial score (nSPS) is 10.6. The molecule has 1 heterocycles. The Labute approximate surface area is 149 Å². The first-order chi connectivity index (χ1) is 12.0. The van der Waals surface area contributed by atoms with Crippen LogP contribution in [-0.4, -0.2) is 17.0 Å². The molecule has 0 saturated carbocycles. The summed E-state index contributed by atoms with van der Waals surface area (Å²) in [6, 6.07) is 18.7. The standard InChI is InChI=1S/C21H24N4/c1-15-10-16(2)12-19(11-15)23-20-13-17(3)22-21(24-20)25(4)14-18-8-6-5-7-9-18/h5-13H,14H2,1-4H3,(H,22,23,24). The third-order valence-electron chi connectivity index (χ3n) is 3.94. The molecule has 128 valence electrons. The van der Waals surface area contributed by atoms with Crippen LogP contribution in [0.5, 0.6) is 0 Å². The van der Waals surface area contributed by atoms with Gasteiger partial charge in [0, 0.05) is 31.0 Å². The molecular weight excluding hydrogens is 308 g/mol. The van der Waals surface area contributed by atoms with Crippen molar-refractivity contribution in [1.29, 1.82) is 0 Å². The van der Waals surface area contributed by atoms with Crippen LogP contribution in [0.15, 0.2) is 54.6 Å². The predicted molar refractivity (Wildman–Crippen MR) is 105 cm³/mol. The van der Waals surface area contributed by atoms with E-state index in [1.165, 1.54) is 16.7 Å². The average molecular weight is 332 g/mol. The van der Waals surface area contributed by atoms with Gasteiger partial charge in [0.2, 0.25) is 5.95 Å². The first-order valence-corrected chi connectivity index (χ1v) is 8.46. The molecule has 0 fully saturated rings. The van der Waals surface area contributed by atoms with E-state index in [0.29, 0.717) is 0 Å². The number of aryl methyl sites for hydroxylation is 3. The van der Waals surface area contributed by atoms with E-state index in [4.69, 9.17) is 0 Å². The van der Waals surface area contributed by atoms with Gasteiger partial charge in [-0.2, -0.15) is 4.98 Å². The van der Waals surface area contributed by atoms with Crippen LogP contribution in [0.3, 0.4) is 0 Å². The lowest BCUT2D eigenvalue weighted by Crippen LogP contribution is -2.19. The van der Waals surface area contributed by atoms with Crippen LogP contribution in [0.25, 0.3) is 0 Å². The fourth-order valence-corrected chi connectivity index (χ4v) is 2.91. The summed E-state index contributed by atoms with van der Waals surface area (Å²) in [6.45, 7) is 6.96. The Balaban J connectivity index is 1.82. The van der Waals surface area contributed by atoms with Gasteiger partial charge in [0.25, 0.3) is 0 Å². The molecule has 25 heavy (non-hydrogen) atoms. The van der Waals surface area contributed by atoms with E-state index < -0.39 is 0 Å². The molecule has 0 aliphatic rings. The molecule has 4 nitrogen and oxygen atoms in total. The fraction of sp³-hybridized carbons (Fsp3) is 0.238. The highest BCUT2D eigenvalue weighted by molar-refractivity contribution is 5.59. The number of aromatic nitrogens is 2. The molecule has 3 aromatic rings. The summed E-state index contributed by atoms with van der Waals surface area (Å²) in [5.74, 6) is 1.53. The second-order valence-electron chi connectivity index (χ2n) is 6.54. The van der Waals surface area contributed by atoms with Gasteiger partial charge in [-0.25, -0.2) is 4.98 Å². The minimum absolute atomic E-state index is 0.718. The zero-order valence-corrected chi connectivity index (χ0v) is 15.2. The molecule has 0 radical (unpaired) electrons. The second-order valence-corrected chi connectivity index (χ2v) is 6.54. The molecule has 3 rings (SSSR count). The highest BCUT2D eigenvalue weighted by Gasteiger charge is 2.09. The van der Waals surface area contributed by atoms with Crippen molar-refractivity contribution < 1.29 is 0 Å². The van der Waals surface area contributed by atoms with Crippen molar-refractivity contribution in [2.24, 2.45) is 0 Å². The monoisotopic (exact) mass is 332 g/mol. The van der Waals surface area contributed by atoms with Gasteiger partial charge in [-0.05, 0) is 49.6 Å². The van der Waals surface area contributed by atoms with Crippen LogP contribution < -0.4 is 10.2 Å². The molecule has 0 aliphatic carbocycles.